The van der Waals surface area contributed by atoms with Crippen LogP contribution in [-0.4, -0.2) is 20.9 Å². The lowest BCUT2D eigenvalue weighted by molar-refractivity contribution is 0.103. The number of carbonyl (C=O) groups is 1. The predicted molar refractivity (Wildman–Crippen MR) is 59.8 cm³/mol. The van der Waals surface area contributed by atoms with Crippen LogP contribution in [-0.2, 0) is 0 Å². The van der Waals surface area contributed by atoms with Crippen molar-refractivity contribution in [2.75, 3.05) is 5.32 Å². The second kappa shape index (κ2) is 4.45. The lowest BCUT2D eigenvalue weighted by Gasteiger charge is -2.00. The summed E-state index contributed by atoms with van der Waals surface area (Å²) in [6, 6.07) is 0. The summed E-state index contributed by atoms with van der Waals surface area (Å²) in [5, 5.41) is 2.61. The van der Waals surface area contributed by atoms with Crippen molar-refractivity contribution in [3.8, 4) is 0 Å². The Morgan fingerprint density at radius 2 is 2.20 bits per heavy atom. The molecule has 2 heterocycles. The molecule has 0 radical (unpaired) electrons. The van der Waals surface area contributed by atoms with Gasteiger partial charge >= 0.3 is 0 Å². The molecule has 5 nitrogen and oxygen atoms in total. The van der Waals surface area contributed by atoms with Gasteiger partial charge in [-0.15, -0.1) is 11.3 Å². The highest BCUT2D eigenvalue weighted by Gasteiger charge is 2.07. The molecule has 0 spiro atoms. The molecular weight excluding hydrogens is 280 g/mol. The minimum absolute atomic E-state index is 0.228. The highest BCUT2D eigenvalue weighted by molar-refractivity contribution is 9.10. The fourth-order valence-corrected chi connectivity index (χ4v) is 1.60. The van der Waals surface area contributed by atoms with Crippen LogP contribution in [0.4, 0.5) is 5.82 Å². The summed E-state index contributed by atoms with van der Waals surface area (Å²) in [4.78, 5) is 23.8. The molecule has 2 aromatic heterocycles. The number of hydrogen-bond donors (Lipinski definition) is 1. The Morgan fingerprint density at radius 1 is 1.33 bits per heavy atom. The molecule has 2 aromatic rings. The van der Waals surface area contributed by atoms with E-state index in [1.807, 2.05) is 0 Å². The number of hydrogen-bond acceptors (Lipinski definition) is 5. The van der Waals surface area contributed by atoms with Gasteiger partial charge in [0.25, 0.3) is 5.91 Å². The Labute approximate surface area is 97.7 Å². The van der Waals surface area contributed by atoms with Crippen molar-refractivity contribution in [3.05, 3.63) is 33.6 Å². The topological polar surface area (TPSA) is 67.8 Å². The van der Waals surface area contributed by atoms with Crippen molar-refractivity contribution < 1.29 is 4.79 Å². The summed E-state index contributed by atoms with van der Waals surface area (Å²) < 4.78 is 0.623. The fourth-order valence-electron chi connectivity index (χ4n) is 0.883. The summed E-state index contributed by atoms with van der Waals surface area (Å²) in [7, 11) is 0. The Bertz CT molecular complexity index is 456. The van der Waals surface area contributed by atoms with Gasteiger partial charge in [0.05, 0.1) is 24.1 Å². The molecule has 0 aliphatic rings. The number of nitrogens with zero attached hydrogens (tertiary/aromatic N) is 3. The molecule has 0 unspecified atom stereocenters. The van der Waals surface area contributed by atoms with Crippen molar-refractivity contribution in [2.45, 2.75) is 0 Å². The summed E-state index contributed by atoms with van der Waals surface area (Å²) in [5.41, 5.74) is 1.60. The largest absolute Gasteiger partial charge is 0.305 e. The number of amides is 1. The molecule has 0 saturated carbocycles. The van der Waals surface area contributed by atoms with Crippen molar-refractivity contribution in [1.82, 2.24) is 15.0 Å². The number of anilines is 1. The summed E-state index contributed by atoms with van der Waals surface area (Å²) in [5.74, 6) is 0.186. The van der Waals surface area contributed by atoms with Gasteiger partial charge < -0.3 is 5.32 Å². The third-order valence-corrected chi connectivity index (χ3v) is 2.70. The Kier molecular flexibility index (Phi) is 3.02. The maximum atomic E-state index is 11.5. The molecule has 0 aromatic carbocycles. The zero-order valence-corrected chi connectivity index (χ0v) is 9.75. The lowest BCUT2D eigenvalue weighted by Crippen LogP contribution is -2.11. The number of halogens is 1. The van der Waals surface area contributed by atoms with Crippen molar-refractivity contribution in [3.63, 3.8) is 0 Å². The molecule has 0 aliphatic heterocycles. The Morgan fingerprint density at radius 3 is 2.80 bits per heavy atom. The van der Waals surface area contributed by atoms with Crippen molar-refractivity contribution >= 4 is 39.0 Å². The van der Waals surface area contributed by atoms with E-state index in [0.717, 1.165) is 0 Å². The van der Waals surface area contributed by atoms with Crippen LogP contribution >= 0.6 is 27.3 Å². The van der Waals surface area contributed by atoms with Crippen molar-refractivity contribution in [1.29, 1.82) is 0 Å². The monoisotopic (exact) mass is 284 g/mol. The average molecular weight is 285 g/mol. The molecule has 0 bridgehead atoms. The molecule has 7 heteroatoms. The second-order valence-corrected chi connectivity index (χ2v) is 4.24. The molecule has 0 saturated heterocycles. The molecule has 2 rings (SSSR count). The van der Waals surface area contributed by atoms with Crippen LogP contribution in [0.1, 0.15) is 9.67 Å². The first-order valence-electron chi connectivity index (χ1n) is 3.93. The minimum atomic E-state index is -0.228. The van der Waals surface area contributed by atoms with E-state index < -0.39 is 0 Å². The van der Waals surface area contributed by atoms with E-state index in [-0.39, 0.29) is 5.91 Å². The maximum Gasteiger partial charge on any atom is 0.268 e. The summed E-state index contributed by atoms with van der Waals surface area (Å²) >= 11 is 4.43. The molecule has 0 atom stereocenters. The Hall–Kier alpha value is -1.34. The van der Waals surface area contributed by atoms with Gasteiger partial charge in [0, 0.05) is 0 Å². The van der Waals surface area contributed by atoms with Crippen LogP contribution in [0, 0.1) is 0 Å². The molecule has 1 amide bonds. The Balaban J connectivity index is 2.09. The number of nitrogens with one attached hydrogen (secondary N) is 1. The number of carbonyl (C=O) groups excluding carboxylic acids is 1. The van der Waals surface area contributed by atoms with Crippen LogP contribution in [0.25, 0.3) is 0 Å². The summed E-state index contributed by atoms with van der Waals surface area (Å²) in [6.07, 6.45) is 4.50. The van der Waals surface area contributed by atoms with Gasteiger partial charge in [-0.1, -0.05) is 0 Å². The van der Waals surface area contributed by atoms with Crippen molar-refractivity contribution in [2.24, 2.45) is 0 Å². The molecular formula is C8H5BrN4OS. The zero-order valence-electron chi connectivity index (χ0n) is 7.35. The van der Waals surface area contributed by atoms with E-state index in [1.165, 1.54) is 29.9 Å². The lowest BCUT2D eigenvalue weighted by atomic mass is 10.5. The first-order chi connectivity index (χ1) is 7.25. The highest BCUT2D eigenvalue weighted by Crippen LogP contribution is 2.10. The van der Waals surface area contributed by atoms with Gasteiger partial charge in [0.15, 0.2) is 5.82 Å². The number of thiazole rings is 1. The van der Waals surface area contributed by atoms with Gasteiger partial charge in [0.1, 0.15) is 9.48 Å². The van der Waals surface area contributed by atoms with Gasteiger partial charge in [-0.25, -0.2) is 9.97 Å². The maximum absolute atomic E-state index is 11.5. The van der Waals surface area contributed by atoms with Crippen LogP contribution < -0.4 is 5.32 Å². The SMILES string of the molecule is O=C(Nc1cnc(Br)cn1)c1cncs1. The normalized spacial score (nSPS) is 9.93. The van der Waals surface area contributed by atoms with Gasteiger partial charge in [-0.05, 0) is 15.9 Å². The number of rotatable bonds is 2. The zero-order chi connectivity index (χ0) is 10.7. The van der Waals surface area contributed by atoms with Gasteiger partial charge in [0.2, 0.25) is 0 Å². The van der Waals surface area contributed by atoms with Gasteiger partial charge in [-0.3, -0.25) is 9.78 Å². The fraction of sp³-hybridized carbons (Fsp3) is 0. The number of aromatic nitrogens is 3. The van der Waals surface area contributed by atoms with E-state index in [4.69, 9.17) is 0 Å². The second-order valence-electron chi connectivity index (χ2n) is 2.54. The van der Waals surface area contributed by atoms with Gasteiger partial charge in [-0.2, -0.15) is 0 Å². The smallest absolute Gasteiger partial charge is 0.268 e. The molecule has 76 valence electrons. The van der Waals surface area contributed by atoms with Crippen LogP contribution in [0.3, 0.4) is 0 Å². The molecule has 15 heavy (non-hydrogen) atoms. The summed E-state index contributed by atoms with van der Waals surface area (Å²) in [6.45, 7) is 0. The third-order valence-electron chi connectivity index (χ3n) is 1.52. The van der Waals surface area contributed by atoms with E-state index in [9.17, 15) is 4.79 Å². The standard InChI is InChI=1S/C8H5BrN4OS/c9-6-2-12-7(3-11-6)13-8(14)5-1-10-4-15-5/h1-4H,(H,12,13,14). The first kappa shape index (κ1) is 10.2. The average Bonchev–Trinajstić information content (AvgIpc) is 2.74. The predicted octanol–water partition coefficient (Wildman–Crippen LogP) is 1.95. The third kappa shape index (κ3) is 2.57. The molecule has 0 aliphatic carbocycles. The van der Waals surface area contributed by atoms with E-state index >= 15 is 0 Å². The van der Waals surface area contributed by atoms with E-state index in [1.54, 1.807) is 5.51 Å². The molecule has 1 N–H and O–H groups in total. The minimum Gasteiger partial charge on any atom is -0.305 e. The van der Waals surface area contributed by atoms with E-state index in [2.05, 4.69) is 36.2 Å². The van der Waals surface area contributed by atoms with Crippen LogP contribution in [0.2, 0.25) is 0 Å². The quantitative estimate of drug-likeness (QED) is 0.915. The van der Waals surface area contributed by atoms with E-state index in [0.29, 0.717) is 15.3 Å². The first-order valence-corrected chi connectivity index (χ1v) is 5.60. The van der Waals surface area contributed by atoms with Crippen LogP contribution in [0.15, 0.2) is 28.7 Å². The molecule has 0 fully saturated rings. The highest BCUT2D eigenvalue weighted by atomic mass is 79.9. The van der Waals surface area contributed by atoms with Crippen LogP contribution in [0.5, 0.6) is 0 Å².